The second-order valence-electron chi connectivity index (χ2n) is 4.79. The molecule has 25 heavy (non-hydrogen) atoms. The van der Waals surface area contributed by atoms with Crippen molar-refractivity contribution in [3.8, 4) is 11.5 Å². The fourth-order valence-electron chi connectivity index (χ4n) is 1.85. The molecule has 8 heteroatoms. The number of hydrogen-bond donors (Lipinski definition) is 3. The van der Waals surface area contributed by atoms with Crippen molar-refractivity contribution < 1.29 is 19.0 Å². The fraction of sp³-hybridized carbons (Fsp3) is 0.118. The molecular formula is C17H16FN3O3S. The lowest BCUT2D eigenvalue weighted by molar-refractivity contribution is -0.110. The second-order valence-corrected chi connectivity index (χ2v) is 5.20. The van der Waals surface area contributed by atoms with E-state index in [-0.39, 0.29) is 10.7 Å². The number of thiocarbonyl (C=S) groups is 1. The number of anilines is 1. The van der Waals surface area contributed by atoms with E-state index in [1.54, 1.807) is 25.1 Å². The molecule has 6 nitrogen and oxygen atoms in total. The zero-order chi connectivity index (χ0) is 18.2. The SMILES string of the molecule is CCOc1cccc(/C=N/NC(=S)C(=O)Nc2ccc(F)cc2)c1O. The number of nitrogens with zero attached hydrogens (tertiary/aromatic N) is 1. The number of ether oxygens (including phenoxy) is 1. The number of para-hydroxylation sites is 1. The Morgan fingerprint density at radius 3 is 2.72 bits per heavy atom. The quantitative estimate of drug-likeness (QED) is 0.433. The van der Waals surface area contributed by atoms with E-state index >= 15 is 0 Å². The summed E-state index contributed by atoms with van der Waals surface area (Å²) in [5.74, 6) is -0.719. The summed E-state index contributed by atoms with van der Waals surface area (Å²) in [6, 6.07) is 10.2. The van der Waals surface area contributed by atoms with Gasteiger partial charge in [0, 0.05) is 11.3 Å². The van der Waals surface area contributed by atoms with E-state index < -0.39 is 11.7 Å². The van der Waals surface area contributed by atoms with Crippen LogP contribution >= 0.6 is 12.2 Å². The number of nitrogens with one attached hydrogen (secondary N) is 2. The van der Waals surface area contributed by atoms with Crippen LogP contribution in [0, 0.1) is 5.82 Å². The van der Waals surface area contributed by atoms with Gasteiger partial charge in [-0.25, -0.2) is 4.39 Å². The third-order valence-electron chi connectivity index (χ3n) is 3.01. The van der Waals surface area contributed by atoms with Gasteiger partial charge in [-0.1, -0.05) is 18.3 Å². The zero-order valence-corrected chi connectivity index (χ0v) is 14.1. The Morgan fingerprint density at radius 1 is 1.32 bits per heavy atom. The number of amides is 1. The van der Waals surface area contributed by atoms with Crippen LogP contribution in [0.4, 0.5) is 10.1 Å². The van der Waals surface area contributed by atoms with E-state index in [9.17, 15) is 14.3 Å². The lowest BCUT2D eigenvalue weighted by Gasteiger charge is -2.07. The van der Waals surface area contributed by atoms with E-state index in [1.807, 2.05) is 0 Å². The summed E-state index contributed by atoms with van der Waals surface area (Å²) in [7, 11) is 0. The molecule has 0 aliphatic heterocycles. The van der Waals surface area contributed by atoms with Crippen LogP contribution in [-0.4, -0.2) is 28.8 Å². The minimum atomic E-state index is -0.592. The van der Waals surface area contributed by atoms with Crippen molar-refractivity contribution in [1.82, 2.24) is 5.43 Å². The molecule has 3 N–H and O–H groups in total. The molecule has 2 aromatic carbocycles. The van der Waals surface area contributed by atoms with Gasteiger partial charge in [0.25, 0.3) is 5.91 Å². The Balaban J connectivity index is 1.95. The van der Waals surface area contributed by atoms with Gasteiger partial charge in [-0.05, 0) is 43.3 Å². The molecule has 0 spiro atoms. The van der Waals surface area contributed by atoms with E-state index in [0.29, 0.717) is 23.6 Å². The standard InChI is InChI=1S/C17H16FN3O3S/c1-2-24-14-5-3-4-11(15(14)22)10-19-21-17(25)16(23)20-13-8-6-12(18)7-9-13/h3-10,22H,2H2,1H3,(H,20,23)(H,21,25)/b19-10+. The van der Waals surface area contributed by atoms with E-state index in [0.717, 1.165) is 0 Å². The monoisotopic (exact) mass is 361 g/mol. The molecule has 0 aliphatic rings. The van der Waals surface area contributed by atoms with Crippen molar-refractivity contribution in [3.05, 3.63) is 53.8 Å². The fourth-order valence-corrected chi connectivity index (χ4v) is 1.95. The normalized spacial score (nSPS) is 10.5. The van der Waals surface area contributed by atoms with Gasteiger partial charge >= 0.3 is 0 Å². The lowest BCUT2D eigenvalue weighted by atomic mass is 10.2. The molecule has 130 valence electrons. The van der Waals surface area contributed by atoms with Gasteiger partial charge in [0.1, 0.15) is 5.82 Å². The molecule has 0 fully saturated rings. The molecule has 2 rings (SSSR count). The zero-order valence-electron chi connectivity index (χ0n) is 13.3. The highest BCUT2D eigenvalue weighted by Crippen LogP contribution is 2.28. The third-order valence-corrected chi connectivity index (χ3v) is 3.28. The number of hydrogen-bond acceptors (Lipinski definition) is 5. The van der Waals surface area contributed by atoms with E-state index in [4.69, 9.17) is 17.0 Å². The molecule has 0 heterocycles. The van der Waals surface area contributed by atoms with Crippen LogP contribution in [0.25, 0.3) is 0 Å². The van der Waals surface area contributed by atoms with Crippen LogP contribution in [0.1, 0.15) is 12.5 Å². The Bertz CT molecular complexity index is 794. The molecule has 0 atom stereocenters. The molecule has 0 aliphatic carbocycles. The number of carbonyl (C=O) groups is 1. The highest BCUT2D eigenvalue weighted by molar-refractivity contribution is 7.82. The highest BCUT2D eigenvalue weighted by Gasteiger charge is 2.09. The van der Waals surface area contributed by atoms with Crippen molar-refractivity contribution >= 4 is 35.0 Å². The minimum absolute atomic E-state index is 0.0587. The van der Waals surface area contributed by atoms with Crippen molar-refractivity contribution in [2.75, 3.05) is 11.9 Å². The second kappa shape index (κ2) is 8.74. The molecule has 0 bridgehead atoms. The number of hydrazone groups is 1. The van der Waals surface area contributed by atoms with Crippen molar-refractivity contribution in [2.24, 2.45) is 5.10 Å². The van der Waals surface area contributed by atoms with Gasteiger partial charge in [0.05, 0.1) is 12.8 Å². The summed E-state index contributed by atoms with van der Waals surface area (Å²) in [4.78, 5) is 11.7. The average Bonchev–Trinajstić information content (AvgIpc) is 2.60. The molecule has 0 radical (unpaired) electrons. The van der Waals surface area contributed by atoms with Crippen molar-refractivity contribution in [3.63, 3.8) is 0 Å². The van der Waals surface area contributed by atoms with Crippen molar-refractivity contribution in [2.45, 2.75) is 6.92 Å². The molecule has 1 amide bonds. The largest absolute Gasteiger partial charge is 0.504 e. The minimum Gasteiger partial charge on any atom is -0.504 e. The van der Waals surface area contributed by atoms with Crippen LogP contribution in [0.15, 0.2) is 47.6 Å². The Labute approximate surface area is 149 Å². The van der Waals surface area contributed by atoms with Crippen LogP contribution in [-0.2, 0) is 4.79 Å². The maximum atomic E-state index is 12.8. The maximum Gasteiger partial charge on any atom is 0.284 e. The van der Waals surface area contributed by atoms with Gasteiger partial charge in [0.2, 0.25) is 0 Å². The Morgan fingerprint density at radius 2 is 2.04 bits per heavy atom. The Hall–Kier alpha value is -3.00. The summed E-state index contributed by atoms with van der Waals surface area (Å²) in [5.41, 5.74) is 3.21. The topological polar surface area (TPSA) is 83.0 Å². The molecule has 0 saturated carbocycles. The van der Waals surface area contributed by atoms with Crippen LogP contribution in [0.5, 0.6) is 11.5 Å². The number of phenolic OH excluding ortho intramolecular Hbond substituents is 1. The molecule has 2 aromatic rings. The summed E-state index contributed by atoms with van der Waals surface area (Å²) in [6.45, 7) is 2.22. The number of halogens is 1. The van der Waals surface area contributed by atoms with Gasteiger partial charge < -0.3 is 15.2 Å². The molecule has 0 aromatic heterocycles. The third kappa shape index (κ3) is 5.25. The lowest BCUT2D eigenvalue weighted by Crippen LogP contribution is -2.30. The van der Waals surface area contributed by atoms with Gasteiger partial charge in [-0.2, -0.15) is 5.10 Å². The van der Waals surface area contributed by atoms with Crippen LogP contribution in [0.3, 0.4) is 0 Å². The molecular weight excluding hydrogens is 345 g/mol. The predicted octanol–water partition coefficient (Wildman–Crippen LogP) is 2.82. The first kappa shape index (κ1) is 18.3. The number of benzene rings is 2. The van der Waals surface area contributed by atoms with Gasteiger partial charge in [-0.3, -0.25) is 10.2 Å². The van der Waals surface area contributed by atoms with Gasteiger partial charge in [0.15, 0.2) is 16.5 Å². The van der Waals surface area contributed by atoms with Gasteiger partial charge in [-0.15, -0.1) is 0 Å². The van der Waals surface area contributed by atoms with Crippen molar-refractivity contribution in [1.29, 1.82) is 0 Å². The maximum absolute atomic E-state index is 12.8. The van der Waals surface area contributed by atoms with E-state index in [1.165, 1.54) is 30.5 Å². The molecule has 0 saturated heterocycles. The predicted molar refractivity (Wildman–Crippen MR) is 97.6 cm³/mol. The van der Waals surface area contributed by atoms with Crippen LogP contribution < -0.4 is 15.5 Å². The first-order valence-corrected chi connectivity index (χ1v) is 7.76. The highest BCUT2D eigenvalue weighted by atomic mass is 32.1. The average molecular weight is 361 g/mol. The van der Waals surface area contributed by atoms with Crippen LogP contribution in [0.2, 0.25) is 0 Å². The summed E-state index contributed by atoms with van der Waals surface area (Å²) < 4.78 is 18.1. The molecule has 0 unspecified atom stereocenters. The number of carbonyl (C=O) groups excluding carboxylic acids is 1. The van der Waals surface area contributed by atoms with E-state index in [2.05, 4.69) is 15.8 Å². The number of aromatic hydroxyl groups is 1. The first-order valence-electron chi connectivity index (χ1n) is 7.36. The summed E-state index contributed by atoms with van der Waals surface area (Å²) in [6.07, 6.45) is 1.31. The first-order chi connectivity index (χ1) is 12.0. The number of phenols is 1. The Kier molecular flexibility index (Phi) is 6.41. The summed E-state index contributed by atoms with van der Waals surface area (Å²) in [5, 5.41) is 16.4. The summed E-state index contributed by atoms with van der Waals surface area (Å²) >= 11 is 4.92. The number of rotatable bonds is 5. The smallest absolute Gasteiger partial charge is 0.284 e.